The second-order valence-corrected chi connectivity index (χ2v) is 15.5. The summed E-state index contributed by atoms with van der Waals surface area (Å²) < 4.78 is 0. The summed E-state index contributed by atoms with van der Waals surface area (Å²) in [6.45, 7) is 14.0. The van der Waals surface area contributed by atoms with E-state index in [4.69, 9.17) is 0 Å². The van der Waals surface area contributed by atoms with Crippen molar-refractivity contribution in [3.63, 3.8) is 0 Å². The van der Waals surface area contributed by atoms with E-state index in [0.717, 1.165) is 5.54 Å². The molecular weight excluding hydrogens is 571 g/mol. The minimum Gasteiger partial charge on any atom is -1.00 e. The van der Waals surface area contributed by atoms with Crippen LogP contribution in [0.3, 0.4) is 0 Å². The Kier molecular flexibility index (Phi) is 9.56. The number of thiophene rings is 1. The van der Waals surface area contributed by atoms with Crippen LogP contribution in [0.25, 0.3) is 27.1 Å². The van der Waals surface area contributed by atoms with E-state index in [1.165, 1.54) is 33.0 Å². The molecule has 4 aromatic rings. The Morgan fingerprint density at radius 3 is 2.21 bits per heavy atom. The van der Waals surface area contributed by atoms with Crippen LogP contribution in [-0.4, -0.2) is 8.07 Å². The molecule has 2 aliphatic heterocycles. The molecule has 1 aliphatic carbocycles. The Bertz CT molecular complexity index is 1310. The van der Waals surface area contributed by atoms with E-state index in [-0.39, 0.29) is 51.0 Å². The van der Waals surface area contributed by atoms with Gasteiger partial charge in [-0.05, 0) is 46.2 Å². The van der Waals surface area contributed by atoms with Crippen molar-refractivity contribution in [2.24, 2.45) is 0 Å². The molecule has 34 heavy (non-hydrogen) atoms. The van der Waals surface area contributed by atoms with E-state index < -0.39 is 8.07 Å². The third-order valence-electron chi connectivity index (χ3n) is 7.21. The van der Waals surface area contributed by atoms with Gasteiger partial charge in [-0.3, -0.25) is 0 Å². The second kappa shape index (κ2) is 11.1. The molecule has 3 aliphatic rings. The van der Waals surface area contributed by atoms with Gasteiger partial charge in [-0.1, -0.05) is 75.3 Å². The second-order valence-electron chi connectivity index (χ2n) is 10.0. The molecule has 0 fully saturated rings. The average molecular weight is 602 g/mol. The first-order chi connectivity index (χ1) is 14.8. The Labute approximate surface area is 241 Å². The van der Waals surface area contributed by atoms with Crippen molar-refractivity contribution in [2.45, 2.75) is 52.2 Å². The molecule has 0 N–H and O–H groups in total. The predicted octanol–water partition coefficient (Wildman–Crippen LogP) is 3.08. The van der Waals surface area contributed by atoms with E-state index >= 15 is 0 Å². The molecule has 2 bridgehead atoms. The van der Waals surface area contributed by atoms with Crippen molar-refractivity contribution < 1.29 is 51.0 Å². The van der Waals surface area contributed by atoms with E-state index in [9.17, 15) is 0 Å². The number of allylic oxidation sites excluding steroid dienone is 1. The number of hydrogen-bond acceptors (Lipinski definition) is 1. The number of halogens is 2. The maximum Gasteiger partial charge on any atom is 3.00 e. The monoisotopic (exact) mass is 599 g/mol. The van der Waals surface area contributed by atoms with Crippen LogP contribution >= 0.6 is 11.3 Å². The minimum atomic E-state index is -0.972. The van der Waals surface area contributed by atoms with Crippen LogP contribution in [-0.2, 0) is 26.2 Å². The van der Waals surface area contributed by atoms with E-state index in [1.54, 1.807) is 21.2 Å². The number of fused-ring (bicyclic) bond motifs is 1. The number of rotatable bonds is 2. The zero-order chi connectivity index (χ0) is 21.9. The summed E-state index contributed by atoms with van der Waals surface area (Å²) in [7, 11) is -0.972. The normalized spacial score (nSPS) is 16.5. The van der Waals surface area contributed by atoms with Gasteiger partial charge >= 0.3 is 26.2 Å². The summed E-state index contributed by atoms with van der Waals surface area (Å²) in [5, 5.41) is 6.71. The Morgan fingerprint density at radius 2 is 1.62 bits per heavy atom. The fraction of sp³-hybridized carbons (Fsp3) is 0.276. The third-order valence-corrected chi connectivity index (χ3v) is 12.5. The summed E-state index contributed by atoms with van der Waals surface area (Å²) in [6.07, 6.45) is 0. The summed E-state index contributed by atoms with van der Waals surface area (Å²) in [4.78, 5) is 1.63. The first-order valence-electron chi connectivity index (χ1n) is 11.3. The molecule has 0 spiro atoms. The standard InChI is InChI=1S/C19H19.C10H12SSi.2ClH.Zr/c1-13(2)15-7-9-16(10-8-15)18-6-4-5-17-11-14(3)12-19(17)18;1-6-9-7-4-5-11-8(7)10(6)12(9,2)3;;;/h4-13H,1-3H3;4-5,9H,1-3H3;2*1H;/q-1;;;;+3/p-2. The van der Waals surface area contributed by atoms with Gasteiger partial charge in [-0.25, -0.2) is 0 Å². The van der Waals surface area contributed by atoms with Gasteiger partial charge in [0.15, 0.2) is 0 Å². The Balaban J connectivity index is 0.000000238. The summed E-state index contributed by atoms with van der Waals surface area (Å²) in [6, 6.07) is 22.4. The average Bonchev–Trinajstić information content (AvgIpc) is 3.44. The quantitative estimate of drug-likeness (QED) is 0.245. The van der Waals surface area contributed by atoms with Crippen LogP contribution in [0.4, 0.5) is 0 Å². The van der Waals surface area contributed by atoms with E-state index in [0.29, 0.717) is 5.92 Å². The topological polar surface area (TPSA) is 0 Å². The number of aryl methyl sites for hydroxylation is 1. The van der Waals surface area contributed by atoms with Gasteiger partial charge < -0.3 is 24.8 Å². The van der Waals surface area contributed by atoms with Gasteiger partial charge in [0.05, 0.1) is 8.07 Å². The minimum absolute atomic E-state index is 0. The number of benzene rings is 2. The van der Waals surface area contributed by atoms with Gasteiger partial charge in [0.25, 0.3) is 0 Å². The molecule has 1 atom stereocenters. The smallest absolute Gasteiger partial charge is 1.00 e. The molecule has 5 heteroatoms. The van der Waals surface area contributed by atoms with Crippen LogP contribution in [0.1, 0.15) is 53.8 Å². The largest absolute Gasteiger partial charge is 3.00 e. The van der Waals surface area contributed by atoms with Crippen LogP contribution in [0, 0.1) is 6.92 Å². The zero-order valence-corrected chi connectivity index (χ0v) is 26.5. The van der Waals surface area contributed by atoms with Crippen molar-refractivity contribution >= 4 is 35.4 Å². The fourth-order valence-electron chi connectivity index (χ4n) is 5.79. The fourth-order valence-corrected chi connectivity index (χ4v) is 12.0. The van der Waals surface area contributed by atoms with Crippen molar-refractivity contribution in [3.05, 3.63) is 93.2 Å². The summed E-state index contributed by atoms with van der Waals surface area (Å²) >= 11 is 1.94. The van der Waals surface area contributed by atoms with Gasteiger partial charge in [-0.15, -0.1) is 45.9 Å². The molecular formula is C29H31Cl2SSiZr. The van der Waals surface area contributed by atoms with Crippen LogP contribution in [0.5, 0.6) is 0 Å². The number of hydrogen-bond donors (Lipinski definition) is 0. The van der Waals surface area contributed by atoms with Gasteiger partial charge in [-0.2, -0.15) is 6.07 Å². The van der Waals surface area contributed by atoms with Crippen molar-refractivity contribution in [2.75, 3.05) is 0 Å². The van der Waals surface area contributed by atoms with Gasteiger partial charge in [0, 0.05) is 10.4 Å². The van der Waals surface area contributed by atoms with E-state index in [1.807, 2.05) is 11.3 Å². The molecule has 0 nitrogen and oxygen atoms in total. The van der Waals surface area contributed by atoms with Gasteiger partial charge in [0.1, 0.15) is 0 Å². The van der Waals surface area contributed by atoms with Crippen LogP contribution in [0.2, 0.25) is 13.1 Å². The van der Waals surface area contributed by atoms with Crippen molar-refractivity contribution in [1.29, 1.82) is 0 Å². The summed E-state index contributed by atoms with van der Waals surface area (Å²) in [5.41, 5.74) is 9.60. The maximum absolute atomic E-state index is 2.51. The van der Waals surface area contributed by atoms with Crippen LogP contribution in [0.15, 0.2) is 71.6 Å². The molecule has 3 heterocycles. The molecule has 0 saturated carbocycles. The maximum atomic E-state index is 2.51. The predicted molar refractivity (Wildman–Crippen MR) is 141 cm³/mol. The van der Waals surface area contributed by atoms with E-state index in [2.05, 4.69) is 107 Å². The molecule has 1 radical (unpaired) electrons. The molecule has 1 aromatic heterocycles. The SMILES string of the molecule is CC1=C2c3sccc3C1[Si]2(C)C.Cc1cc2c(-c3ccc(C(C)C)cc3)cccc2[cH-]1.[Cl-].[Cl-].[Zr+3]. The first kappa shape index (κ1) is 29.4. The summed E-state index contributed by atoms with van der Waals surface area (Å²) in [5.74, 6) is 0.589. The Hall–Kier alpha value is -0.830. The van der Waals surface area contributed by atoms with Crippen LogP contribution < -0.4 is 24.8 Å². The zero-order valence-electron chi connectivity index (χ0n) is 20.7. The van der Waals surface area contributed by atoms with Crippen molar-refractivity contribution in [1.82, 2.24) is 0 Å². The molecule has 175 valence electrons. The molecule has 3 aromatic carbocycles. The molecule has 7 rings (SSSR count). The third kappa shape index (κ3) is 4.76. The molecule has 0 amide bonds. The first-order valence-corrected chi connectivity index (χ1v) is 15.3. The van der Waals surface area contributed by atoms with Crippen molar-refractivity contribution in [3.8, 4) is 11.1 Å². The Morgan fingerprint density at radius 1 is 0.941 bits per heavy atom. The van der Waals surface area contributed by atoms with Gasteiger partial charge in [0.2, 0.25) is 0 Å². The molecule has 0 saturated heterocycles. The molecule has 1 unspecified atom stereocenters.